The number of carbonyl (C=O) groups excluding carboxylic acids is 2. The molecule has 0 amide bonds. The highest BCUT2D eigenvalue weighted by atomic mass is 16.6. The van der Waals surface area contributed by atoms with Crippen LogP contribution in [0.15, 0.2) is 42.0 Å². The molecule has 0 N–H and O–H groups in total. The number of aldehydes is 1. The van der Waals surface area contributed by atoms with Crippen molar-refractivity contribution in [3.63, 3.8) is 0 Å². The Morgan fingerprint density at radius 1 is 1.26 bits per heavy atom. The molecule has 0 unspecified atom stereocenters. The van der Waals surface area contributed by atoms with E-state index in [-0.39, 0.29) is 5.97 Å². The maximum Gasteiger partial charge on any atom is 0.334 e. The van der Waals surface area contributed by atoms with Gasteiger partial charge in [-0.25, -0.2) is 4.79 Å². The summed E-state index contributed by atoms with van der Waals surface area (Å²) in [4.78, 5) is 22.4. The lowest BCUT2D eigenvalue weighted by molar-refractivity contribution is -0.147. The molecule has 0 saturated carbocycles. The SMILES string of the molecule is CCC1=C[C@](CCC=O)(Cc2ccccc2)OC1=O. The van der Waals surface area contributed by atoms with Gasteiger partial charge in [-0.05, 0) is 24.5 Å². The molecule has 0 saturated heterocycles. The monoisotopic (exact) mass is 258 g/mol. The predicted molar refractivity (Wildman–Crippen MR) is 72.6 cm³/mol. The summed E-state index contributed by atoms with van der Waals surface area (Å²) in [6.07, 6.45) is 5.01. The van der Waals surface area contributed by atoms with Crippen molar-refractivity contribution >= 4 is 12.3 Å². The summed E-state index contributed by atoms with van der Waals surface area (Å²) in [5.41, 5.74) is 1.17. The fourth-order valence-electron chi connectivity index (χ4n) is 2.45. The third-order valence-electron chi connectivity index (χ3n) is 3.41. The first-order valence-corrected chi connectivity index (χ1v) is 6.62. The standard InChI is InChI=1S/C16H18O3/c1-2-14-12-16(9-6-10-17,19-15(14)18)11-13-7-4-3-5-8-13/h3-5,7-8,10,12H,2,6,9,11H2,1H3/t16-/m0/s1. The smallest absolute Gasteiger partial charge is 0.334 e. The van der Waals surface area contributed by atoms with Gasteiger partial charge in [0, 0.05) is 18.4 Å². The van der Waals surface area contributed by atoms with Crippen LogP contribution >= 0.6 is 0 Å². The zero-order valence-corrected chi connectivity index (χ0v) is 11.1. The molecule has 1 aromatic rings. The van der Waals surface area contributed by atoms with Gasteiger partial charge in [0.05, 0.1) is 0 Å². The van der Waals surface area contributed by atoms with Crippen LogP contribution in [0.2, 0.25) is 0 Å². The van der Waals surface area contributed by atoms with Crippen LogP contribution < -0.4 is 0 Å². The Bertz CT molecular complexity index is 490. The van der Waals surface area contributed by atoms with E-state index in [0.29, 0.717) is 31.3 Å². The molecule has 0 aliphatic carbocycles. The number of hydrogen-bond acceptors (Lipinski definition) is 3. The first kappa shape index (κ1) is 13.5. The van der Waals surface area contributed by atoms with Crippen LogP contribution in [0.4, 0.5) is 0 Å². The summed E-state index contributed by atoms with van der Waals surface area (Å²) in [5.74, 6) is -0.246. The average Bonchev–Trinajstić information content (AvgIpc) is 2.74. The second kappa shape index (κ2) is 5.83. The fourth-order valence-corrected chi connectivity index (χ4v) is 2.45. The van der Waals surface area contributed by atoms with E-state index in [9.17, 15) is 9.59 Å². The number of rotatable bonds is 6. The molecular weight excluding hydrogens is 240 g/mol. The molecule has 0 spiro atoms. The number of ether oxygens (including phenoxy) is 1. The molecule has 1 aromatic carbocycles. The molecule has 2 rings (SSSR count). The normalized spacial score (nSPS) is 21.9. The van der Waals surface area contributed by atoms with Crippen LogP contribution in [0.3, 0.4) is 0 Å². The van der Waals surface area contributed by atoms with E-state index in [4.69, 9.17) is 4.74 Å². The first-order chi connectivity index (χ1) is 9.19. The van der Waals surface area contributed by atoms with E-state index in [0.717, 1.165) is 11.8 Å². The van der Waals surface area contributed by atoms with Crippen LogP contribution in [0.5, 0.6) is 0 Å². The van der Waals surface area contributed by atoms with Gasteiger partial charge in [-0.2, -0.15) is 0 Å². The minimum absolute atomic E-state index is 0.246. The minimum Gasteiger partial charge on any atom is -0.451 e. The van der Waals surface area contributed by atoms with Gasteiger partial charge >= 0.3 is 5.97 Å². The molecule has 100 valence electrons. The van der Waals surface area contributed by atoms with E-state index < -0.39 is 5.60 Å². The van der Waals surface area contributed by atoms with Gasteiger partial charge in [-0.3, -0.25) is 0 Å². The molecule has 19 heavy (non-hydrogen) atoms. The van der Waals surface area contributed by atoms with Crippen molar-refractivity contribution in [3.05, 3.63) is 47.5 Å². The number of hydrogen-bond donors (Lipinski definition) is 0. The second-order valence-electron chi connectivity index (χ2n) is 4.85. The van der Waals surface area contributed by atoms with E-state index in [1.165, 1.54) is 0 Å². The van der Waals surface area contributed by atoms with Gasteiger partial charge in [-0.15, -0.1) is 0 Å². The summed E-state index contributed by atoms with van der Waals surface area (Å²) in [5, 5.41) is 0. The number of cyclic esters (lactones) is 1. The highest BCUT2D eigenvalue weighted by molar-refractivity contribution is 5.91. The lowest BCUT2D eigenvalue weighted by Crippen LogP contribution is -2.31. The van der Waals surface area contributed by atoms with Crippen LogP contribution in [0, 0.1) is 0 Å². The van der Waals surface area contributed by atoms with Gasteiger partial charge in [0.25, 0.3) is 0 Å². The summed E-state index contributed by atoms with van der Waals surface area (Å²) < 4.78 is 5.57. The molecule has 1 aliphatic heterocycles. The van der Waals surface area contributed by atoms with E-state index >= 15 is 0 Å². The third-order valence-corrected chi connectivity index (χ3v) is 3.41. The summed E-state index contributed by atoms with van der Waals surface area (Å²) in [7, 11) is 0. The van der Waals surface area contributed by atoms with Crippen LogP contribution in [-0.4, -0.2) is 17.9 Å². The predicted octanol–water partition coefficient (Wildman–Crippen LogP) is 2.84. The number of benzene rings is 1. The molecule has 0 aromatic heterocycles. The molecular formula is C16H18O3. The fraction of sp³-hybridized carbons (Fsp3) is 0.375. The molecule has 0 fully saturated rings. The number of carbonyl (C=O) groups is 2. The summed E-state index contributed by atoms with van der Waals surface area (Å²) >= 11 is 0. The van der Waals surface area contributed by atoms with Gasteiger partial charge < -0.3 is 9.53 Å². The molecule has 1 heterocycles. The lowest BCUT2D eigenvalue weighted by Gasteiger charge is -2.26. The van der Waals surface area contributed by atoms with Crippen molar-refractivity contribution in [2.24, 2.45) is 0 Å². The minimum atomic E-state index is -0.648. The maximum absolute atomic E-state index is 11.8. The highest BCUT2D eigenvalue weighted by Crippen LogP contribution is 2.33. The Morgan fingerprint density at radius 2 is 2.00 bits per heavy atom. The lowest BCUT2D eigenvalue weighted by atomic mass is 9.89. The molecule has 1 atom stereocenters. The Morgan fingerprint density at radius 3 is 2.58 bits per heavy atom. The third kappa shape index (κ3) is 3.11. The van der Waals surface area contributed by atoms with Crippen molar-refractivity contribution in [2.45, 2.75) is 38.2 Å². The van der Waals surface area contributed by atoms with Gasteiger partial charge in [-0.1, -0.05) is 37.3 Å². The van der Waals surface area contributed by atoms with Crippen molar-refractivity contribution in [2.75, 3.05) is 0 Å². The molecule has 0 bridgehead atoms. The van der Waals surface area contributed by atoms with Crippen LogP contribution in [0.25, 0.3) is 0 Å². The molecule has 1 aliphatic rings. The quantitative estimate of drug-likeness (QED) is 0.582. The first-order valence-electron chi connectivity index (χ1n) is 6.62. The Kier molecular flexibility index (Phi) is 4.15. The van der Waals surface area contributed by atoms with Gasteiger partial charge in [0.1, 0.15) is 11.9 Å². The Labute approximate surface area is 113 Å². The van der Waals surface area contributed by atoms with Gasteiger partial charge in [0.15, 0.2) is 0 Å². The zero-order valence-electron chi connectivity index (χ0n) is 11.1. The summed E-state index contributed by atoms with van der Waals surface area (Å²) in [6, 6.07) is 9.89. The van der Waals surface area contributed by atoms with E-state index in [1.54, 1.807) is 0 Å². The molecule has 0 radical (unpaired) electrons. The number of esters is 1. The van der Waals surface area contributed by atoms with Crippen molar-refractivity contribution < 1.29 is 14.3 Å². The van der Waals surface area contributed by atoms with E-state index in [2.05, 4.69) is 0 Å². The Hall–Kier alpha value is -1.90. The van der Waals surface area contributed by atoms with Crippen molar-refractivity contribution in [1.82, 2.24) is 0 Å². The topological polar surface area (TPSA) is 43.4 Å². The molecule has 3 nitrogen and oxygen atoms in total. The van der Waals surface area contributed by atoms with Crippen LogP contribution in [-0.2, 0) is 20.7 Å². The van der Waals surface area contributed by atoms with Crippen molar-refractivity contribution in [3.8, 4) is 0 Å². The largest absolute Gasteiger partial charge is 0.451 e. The van der Waals surface area contributed by atoms with E-state index in [1.807, 2.05) is 43.3 Å². The summed E-state index contributed by atoms with van der Waals surface area (Å²) in [6.45, 7) is 1.94. The zero-order chi connectivity index (χ0) is 13.7. The second-order valence-corrected chi connectivity index (χ2v) is 4.85. The van der Waals surface area contributed by atoms with Crippen LogP contribution in [0.1, 0.15) is 31.7 Å². The van der Waals surface area contributed by atoms with Crippen molar-refractivity contribution in [1.29, 1.82) is 0 Å². The molecule has 3 heteroatoms. The highest BCUT2D eigenvalue weighted by Gasteiger charge is 2.38. The Balaban J connectivity index is 2.24. The average molecular weight is 258 g/mol. The van der Waals surface area contributed by atoms with Gasteiger partial charge in [0.2, 0.25) is 0 Å². The maximum atomic E-state index is 11.8.